The van der Waals surface area contributed by atoms with Gasteiger partial charge >= 0.3 is 0 Å². The van der Waals surface area contributed by atoms with Gasteiger partial charge in [-0.3, -0.25) is 4.90 Å². The molecule has 0 spiro atoms. The monoisotopic (exact) mass is 352 g/mol. The largest absolute Gasteiger partial charge is 0.317 e. The SMILES string of the molecule is Cc1ccsc1CN(Cc1cncnc1)C1CCCNCC1.Cl. The molecule has 1 atom stereocenters. The second-order valence-electron chi connectivity index (χ2n) is 6.01. The van der Waals surface area contributed by atoms with Crippen LogP contribution in [0.3, 0.4) is 0 Å². The van der Waals surface area contributed by atoms with Gasteiger partial charge in [0.15, 0.2) is 0 Å². The van der Waals surface area contributed by atoms with Gasteiger partial charge < -0.3 is 5.32 Å². The molecule has 3 rings (SSSR count). The normalized spacial score (nSPS) is 18.4. The summed E-state index contributed by atoms with van der Waals surface area (Å²) in [5, 5.41) is 5.71. The van der Waals surface area contributed by atoms with Crippen molar-refractivity contribution < 1.29 is 0 Å². The van der Waals surface area contributed by atoms with E-state index in [4.69, 9.17) is 0 Å². The summed E-state index contributed by atoms with van der Waals surface area (Å²) < 4.78 is 0. The number of nitrogens with zero attached hydrogens (tertiary/aromatic N) is 3. The summed E-state index contributed by atoms with van der Waals surface area (Å²) in [4.78, 5) is 12.4. The van der Waals surface area contributed by atoms with Gasteiger partial charge in [0, 0.05) is 42.0 Å². The smallest absolute Gasteiger partial charge is 0.115 e. The molecule has 1 aliphatic heterocycles. The fraction of sp³-hybridized carbons (Fsp3) is 0.529. The maximum absolute atomic E-state index is 4.17. The van der Waals surface area contributed by atoms with Gasteiger partial charge in [0.25, 0.3) is 0 Å². The molecular weight excluding hydrogens is 328 g/mol. The quantitative estimate of drug-likeness (QED) is 0.895. The first-order chi connectivity index (χ1) is 10.8. The molecule has 1 aliphatic rings. The van der Waals surface area contributed by atoms with E-state index in [1.54, 1.807) is 6.33 Å². The lowest BCUT2D eigenvalue weighted by molar-refractivity contribution is 0.165. The molecule has 0 amide bonds. The van der Waals surface area contributed by atoms with Crippen molar-refractivity contribution in [2.45, 2.75) is 45.3 Å². The lowest BCUT2D eigenvalue weighted by atomic mass is 10.1. The van der Waals surface area contributed by atoms with Crippen LogP contribution in [-0.2, 0) is 13.1 Å². The van der Waals surface area contributed by atoms with Crippen molar-refractivity contribution in [1.29, 1.82) is 0 Å². The number of aromatic nitrogens is 2. The van der Waals surface area contributed by atoms with Crippen molar-refractivity contribution in [3.8, 4) is 0 Å². The van der Waals surface area contributed by atoms with E-state index >= 15 is 0 Å². The molecule has 2 aromatic heterocycles. The number of hydrogen-bond acceptors (Lipinski definition) is 5. The molecule has 0 aliphatic carbocycles. The first kappa shape index (κ1) is 18.3. The van der Waals surface area contributed by atoms with Gasteiger partial charge in [0.05, 0.1) is 0 Å². The molecule has 2 aromatic rings. The van der Waals surface area contributed by atoms with Crippen LogP contribution >= 0.6 is 23.7 Å². The third-order valence-corrected chi connectivity index (χ3v) is 5.38. The second kappa shape index (κ2) is 9.33. The van der Waals surface area contributed by atoms with E-state index in [0.29, 0.717) is 6.04 Å². The molecule has 126 valence electrons. The fourth-order valence-corrected chi connectivity index (χ4v) is 4.01. The zero-order chi connectivity index (χ0) is 15.2. The van der Waals surface area contributed by atoms with E-state index < -0.39 is 0 Å². The maximum Gasteiger partial charge on any atom is 0.115 e. The van der Waals surface area contributed by atoms with E-state index in [9.17, 15) is 0 Å². The van der Waals surface area contributed by atoms with Crippen molar-refractivity contribution in [3.63, 3.8) is 0 Å². The summed E-state index contributed by atoms with van der Waals surface area (Å²) in [6, 6.07) is 2.86. The molecule has 4 nitrogen and oxygen atoms in total. The van der Waals surface area contributed by atoms with Crippen LogP contribution < -0.4 is 5.32 Å². The molecule has 0 saturated carbocycles. The summed E-state index contributed by atoms with van der Waals surface area (Å²) in [7, 11) is 0. The Morgan fingerprint density at radius 2 is 2.04 bits per heavy atom. The number of nitrogens with one attached hydrogen (secondary N) is 1. The number of halogens is 1. The minimum atomic E-state index is 0. The first-order valence-electron chi connectivity index (χ1n) is 8.04. The molecule has 1 saturated heterocycles. The van der Waals surface area contributed by atoms with Crippen LogP contribution in [0, 0.1) is 6.92 Å². The molecule has 23 heavy (non-hydrogen) atoms. The van der Waals surface area contributed by atoms with E-state index in [0.717, 1.165) is 26.2 Å². The van der Waals surface area contributed by atoms with E-state index in [2.05, 4.69) is 38.6 Å². The average Bonchev–Trinajstić information content (AvgIpc) is 2.79. The van der Waals surface area contributed by atoms with Crippen LogP contribution in [0.4, 0.5) is 0 Å². The highest BCUT2D eigenvalue weighted by Gasteiger charge is 2.21. The molecular formula is C17H25ClN4S. The standard InChI is InChI=1S/C17H24N4S.ClH/c1-14-5-8-22-17(14)12-21(11-15-9-19-13-20-10-15)16-3-2-6-18-7-4-16;/h5,8-10,13,16,18H,2-4,6-7,11-12H2,1H3;1H. The summed E-state index contributed by atoms with van der Waals surface area (Å²) in [5.41, 5.74) is 2.61. The number of hydrogen-bond donors (Lipinski definition) is 1. The van der Waals surface area contributed by atoms with Gasteiger partial charge in [-0.2, -0.15) is 0 Å². The molecule has 0 bridgehead atoms. The van der Waals surface area contributed by atoms with Crippen LogP contribution in [0.2, 0.25) is 0 Å². The molecule has 6 heteroatoms. The third kappa shape index (κ3) is 5.24. The summed E-state index contributed by atoms with van der Waals surface area (Å²) in [6.45, 7) is 6.45. The van der Waals surface area contributed by atoms with Gasteiger partial charge in [-0.05, 0) is 56.3 Å². The van der Waals surface area contributed by atoms with Gasteiger partial charge in [-0.15, -0.1) is 23.7 Å². The zero-order valence-corrected chi connectivity index (χ0v) is 15.2. The minimum absolute atomic E-state index is 0. The van der Waals surface area contributed by atoms with Gasteiger partial charge in [-0.25, -0.2) is 9.97 Å². The number of rotatable bonds is 5. The van der Waals surface area contributed by atoms with E-state index in [1.165, 1.54) is 35.3 Å². The minimum Gasteiger partial charge on any atom is -0.317 e. The molecule has 1 fully saturated rings. The van der Waals surface area contributed by atoms with Gasteiger partial charge in [-0.1, -0.05) is 0 Å². The van der Waals surface area contributed by atoms with Crippen molar-refractivity contribution in [3.05, 3.63) is 46.2 Å². The van der Waals surface area contributed by atoms with Crippen LogP contribution in [0.15, 0.2) is 30.2 Å². The molecule has 3 heterocycles. The summed E-state index contributed by atoms with van der Waals surface area (Å²) in [5.74, 6) is 0. The number of thiophene rings is 1. The Labute approximate surface area is 148 Å². The van der Waals surface area contributed by atoms with Crippen molar-refractivity contribution >= 4 is 23.7 Å². The van der Waals surface area contributed by atoms with Crippen LogP contribution in [-0.4, -0.2) is 34.0 Å². The third-order valence-electron chi connectivity index (χ3n) is 4.38. The summed E-state index contributed by atoms with van der Waals surface area (Å²) in [6.07, 6.45) is 9.23. The predicted octanol–water partition coefficient (Wildman–Crippen LogP) is 3.41. The van der Waals surface area contributed by atoms with Gasteiger partial charge in [0.1, 0.15) is 6.33 Å². The Morgan fingerprint density at radius 3 is 2.78 bits per heavy atom. The lowest BCUT2D eigenvalue weighted by Gasteiger charge is -2.30. The van der Waals surface area contributed by atoms with Crippen molar-refractivity contribution in [1.82, 2.24) is 20.2 Å². The highest BCUT2D eigenvalue weighted by atomic mass is 35.5. The second-order valence-corrected chi connectivity index (χ2v) is 7.01. The van der Waals surface area contributed by atoms with Gasteiger partial charge in [0.2, 0.25) is 0 Å². The van der Waals surface area contributed by atoms with E-state index in [-0.39, 0.29) is 12.4 Å². The number of aryl methyl sites for hydroxylation is 1. The Morgan fingerprint density at radius 1 is 1.22 bits per heavy atom. The van der Waals surface area contributed by atoms with E-state index in [1.807, 2.05) is 23.7 Å². The Bertz CT molecular complexity index is 567. The molecule has 0 aromatic carbocycles. The fourth-order valence-electron chi connectivity index (χ4n) is 3.08. The van der Waals surface area contributed by atoms with Crippen LogP contribution in [0.25, 0.3) is 0 Å². The Kier molecular flexibility index (Phi) is 7.43. The van der Waals surface area contributed by atoms with Crippen LogP contribution in [0.5, 0.6) is 0 Å². The first-order valence-corrected chi connectivity index (χ1v) is 8.92. The molecule has 0 radical (unpaired) electrons. The highest BCUT2D eigenvalue weighted by molar-refractivity contribution is 7.10. The van der Waals surface area contributed by atoms with Crippen molar-refractivity contribution in [2.75, 3.05) is 13.1 Å². The molecule has 1 N–H and O–H groups in total. The Hall–Kier alpha value is -1.01. The topological polar surface area (TPSA) is 41.1 Å². The zero-order valence-electron chi connectivity index (χ0n) is 13.6. The lowest BCUT2D eigenvalue weighted by Crippen LogP contribution is -2.35. The van der Waals surface area contributed by atoms with Crippen LogP contribution in [0.1, 0.15) is 35.3 Å². The summed E-state index contributed by atoms with van der Waals surface area (Å²) >= 11 is 1.87. The average molecular weight is 353 g/mol. The molecule has 1 unspecified atom stereocenters. The van der Waals surface area contributed by atoms with Crippen molar-refractivity contribution in [2.24, 2.45) is 0 Å². The predicted molar refractivity (Wildman–Crippen MR) is 98.1 cm³/mol. The highest BCUT2D eigenvalue weighted by Crippen LogP contribution is 2.23. The Balaban J connectivity index is 0.00000192. The maximum atomic E-state index is 4.17.